The Balaban J connectivity index is 2.05. The summed E-state index contributed by atoms with van der Waals surface area (Å²) in [5.41, 5.74) is 0. The fourth-order valence-electron chi connectivity index (χ4n) is 3.05. The lowest BCUT2D eigenvalue weighted by molar-refractivity contribution is -0.144. The second-order valence-corrected chi connectivity index (χ2v) is 6.05. The van der Waals surface area contributed by atoms with Gasteiger partial charge < -0.3 is 19.6 Å². The summed E-state index contributed by atoms with van der Waals surface area (Å²) in [6, 6.07) is -0.539. The van der Waals surface area contributed by atoms with Crippen LogP contribution in [0.25, 0.3) is 0 Å². The zero-order valence-electron chi connectivity index (χ0n) is 13.0. The van der Waals surface area contributed by atoms with Gasteiger partial charge in [-0.25, -0.2) is 9.59 Å². The SMILES string of the molecule is CCC1CCN(C(=O)N(CCOC)C2CC2)C(C(=O)O)C1. The molecule has 0 bridgehead atoms. The topological polar surface area (TPSA) is 70.1 Å². The number of hydrogen-bond donors (Lipinski definition) is 1. The van der Waals surface area contributed by atoms with E-state index in [-0.39, 0.29) is 12.1 Å². The number of amides is 2. The van der Waals surface area contributed by atoms with Crippen molar-refractivity contribution in [3.63, 3.8) is 0 Å². The van der Waals surface area contributed by atoms with Crippen LogP contribution in [0, 0.1) is 5.92 Å². The van der Waals surface area contributed by atoms with E-state index in [1.54, 1.807) is 16.9 Å². The third-order valence-corrected chi connectivity index (χ3v) is 4.59. The molecule has 1 heterocycles. The second-order valence-electron chi connectivity index (χ2n) is 6.05. The highest BCUT2D eigenvalue weighted by molar-refractivity contribution is 5.83. The summed E-state index contributed by atoms with van der Waals surface area (Å²) in [7, 11) is 1.61. The zero-order valence-corrected chi connectivity index (χ0v) is 13.0. The number of rotatable bonds is 6. The van der Waals surface area contributed by atoms with Crippen molar-refractivity contribution in [1.29, 1.82) is 0 Å². The van der Waals surface area contributed by atoms with Crippen LogP contribution in [0.2, 0.25) is 0 Å². The predicted octanol–water partition coefficient (Wildman–Crippen LogP) is 1.79. The molecule has 1 saturated heterocycles. The molecule has 0 aromatic heterocycles. The molecule has 1 saturated carbocycles. The first kappa shape index (κ1) is 16.1. The average Bonchev–Trinajstić information content (AvgIpc) is 3.31. The fourth-order valence-corrected chi connectivity index (χ4v) is 3.05. The summed E-state index contributed by atoms with van der Waals surface area (Å²) in [5, 5.41) is 9.45. The minimum absolute atomic E-state index is 0.128. The highest BCUT2D eigenvalue weighted by atomic mass is 16.5. The van der Waals surface area contributed by atoms with Gasteiger partial charge in [0, 0.05) is 26.2 Å². The highest BCUT2D eigenvalue weighted by Gasteiger charge is 2.41. The third kappa shape index (κ3) is 3.87. The van der Waals surface area contributed by atoms with Gasteiger partial charge in [0.05, 0.1) is 6.61 Å². The number of piperidine rings is 1. The summed E-state index contributed by atoms with van der Waals surface area (Å²) < 4.78 is 5.07. The summed E-state index contributed by atoms with van der Waals surface area (Å²) >= 11 is 0. The van der Waals surface area contributed by atoms with Gasteiger partial charge in [-0.2, -0.15) is 0 Å². The normalized spacial score (nSPS) is 25.7. The number of carbonyl (C=O) groups is 2. The maximum atomic E-state index is 12.7. The molecular weight excluding hydrogens is 272 g/mol. The van der Waals surface area contributed by atoms with Crippen molar-refractivity contribution in [2.45, 2.75) is 51.1 Å². The van der Waals surface area contributed by atoms with E-state index in [0.29, 0.717) is 32.0 Å². The number of carbonyl (C=O) groups excluding carboxylic acids is 1. The van der Waals surface area contributed by atoms with Crippen LogP contribution in [-0.4, -0.2) is 65.8 Å². The molecule has 2 unspecified atom stereocenters. The van der Waals surface area contributed by atoms with Gasteiger partial charge in [0.15, 0.2) is 0 Å². The van der Waals surface area contributed by atoms with E-state index in [4.69, 9.17) is 4.74 Å². The van der Waals surface area contributed by atoms with Crippen LogP contribution in [-0.2, 0) is 9.53 Å². The van der Waals surface area contributed by atoms with Gasteiger partial charge in [0.25, 0.3) is 0 Å². The molecule has 2 atom stereocenters. The number of ether oxygens (including phenoxy) is 1. The monoisotopic (exact) mass is 298 g/mol. The Morgan fingerprint density at radius 1 is 1.33 bits per heavy atom. The minimum atomic E-state index is -0.885. The Hall–Kier alpha value is -1.30. The molecule has 0 aromatic carbocycles. The number of urea groups is 1. The Bertz CT molecular complexity index is 384. The van der Waals surface area contributed by atoms with Gasteiger partial charge in [-0.1, -0.05) is 13.3 Å². The van der Waals surface area contributed by atoms with Crippen LogP contribution in [0.3, 0.4) is 0 Å². The van der Waals surface area contributed by atoms with Gasteiger partial charge >= 0.3 is 12.0 Å². The molecule has 2 aliphatic rings. The lowest BCUT2D eigenvalue weighted by Gasteiger charge is -2.39. The van der Waals surface area contributed by atoms with Crippen LogP contribution in [0.1, 0.15) is 39.0 Å². The molecule has 120 valence electrons. The van der Waals surface area contributed by atoms with E-state index in [0.717, 1.165) is 25.7 Å². The van der Waals surface area contributed by atoms with Crippen molar-refractivity contribution in [3.05, 3.63) is 0 Å². The van der Waals surface area contributed by atoms with Gasteiger partial charge in [-0.15, -0.1) is 0 Å². The molecule has 0 spiro atoms. The maximum absolute atomic E-state index is 12.7. The molecule has 1 aliphatic carbocycles. The molecule has 21 heavy (non-hydrogen) atoms. The van der Waals surface area contributed by atoms with E-state index in [1.807, 2.05) is 0 Å². The van der Waals surface area contributed by atoms with Crippen molar-refractivity contribution < 1.29 is 19.4 Å². The Kier molecular flexibility index (Phi) is 5.45. The van der Waals surface area contributed by atoms with Crippen molar-refractivity contribution in [2.75, 3.05) is 26.8 Å². The molecule has 2 amide bonds. The molecular formula is C15H26N2O4. The van der Waals surface area contributed by atoms with Crippen LogP contribution in [0.5, 0.6) is 0 Å². The largest absolute Gasteiger partial charge is 0.480 e. The molecule has 6 heteroatoms. The summed E-state index contributed by atoms with van der Waals surface area (Å²) in [6.45, 7) is 3.66. The van der Waals surface area contributed by atoms with Gasteiger partial charge in [-0.05, 0) is 31.6 Å². The number of nitrogens with zero attached hydrogens (tertiary/aromatic N) is 2. The first-order valence-corrected chi connectivity index (χ1v) is 7.87. The standard InChI is InChI=1S/C15H26N2O4/c1-3-11-6-7-17(13(10-11)14(18)19)15(20)16(8-9-21-2)12-4-5-12/h11-13H,3-10H2,1-2H3,(H,18,19). The Morgan fingerprint density at radius 3 is 2.57 bits per heavy atom. The Labute approximate surface area is 126 Å². The van der Waals surface area contributed by atoms with Crippen LogP contribution in [0.4, 0.5) is 4.79 Å². The summed E-state index contributed by atoms with van der Waals surface area (Å²) in [5.74, 6) is -0.479. The predicted molar refractivity (Wildman–Crippen MR) is 78.1 cm³/mol. The minimum Gasteiger partial charge on any atom is -0.480 e. The number of carboxylic acids is 1. The molecule has 0 radical (unpaired) electrons. The first-order valence-electron chi connectivity index (χ1n) is 7.87. The first-order chi connectivity index (χ1) is 10.1. The molecule has 0 aromatic rings. The van der Waals surface area contributed by atoms with Gasteiger partial charge in [0.2, 0.25) is 0 Å². The van der Waals surface area contributed by atoms with Crippen LogP contribution < -0.4 is 0 Å². The van der Waals surface area contributed by atoms with E-state index >= 15 is 0 Å². The molecule has 6 nitrogen and oxygen atoms in total. The van der Waals surface area contributed by atoms with Crippen molar-refractivity contribution in [3.8, 4) is 0 Å². The van der Waals surface area contributed by atoms with Crippen LogP contribution >= 0.6 is 0 Å². The second kappa shape index (κ2) is 7.11. The summed E-state index contributed by atoms with van der Waals surface area (Å²) in [6.07, 6.45) is 4.47. The number of methoxy groups -OCH3 is 1. The molecule has 2 rings (SSSR count). The highest BCUT2D eigenvalue weighted by Crippen LogP contribution is 2.31. The lowest BCUT2D eigenvalue weighted by Crippen LogP contribution is -2.55. The number of carboxylic acid groups (broad SMARTS) is 1. The van der Waals surface area contributed by atoms with Crippen LogP contribution in [0.15, 0.2) is 0 Å². The van der Waals surface area contributed by atoms with Crippen molar-refractivity contribution in [1.82, 2.24) is 9.80 Å². The molecule has 2 fully saturated rings. The quantitative estimate of drug-likeness (QED) is 0.811. The number of aliphatic carboxylic acids is 1. The van der Waals surface area contributed by atoms with E-state index < -0.39 is 12.0 Å². The zero-order chi connectivity index (χ0) is 15.4. The van der Waals surface area contributed by atoms with E-state index in [1.165, 1.54) is 0 Å². The molecule has 1 N–H and O–H groups in total. The number of hydrogen-bond acceptors (Lipinski definition) is 3. The maximum Gasteiger partial charge on any atom is 0.326 e. The van der Waals surface area contributed by atoms with E-state index in [9.17, 15) is 14.7 Å². The van der Waals surface area contributed by atoms with Gasteiger partial charge in [0.1, 0.15) is 6.04 Å². The smallest absolute Gasteiger partial charge is 0.326 e. The van der Waals surface area contributed by atoms with Crippen molar-refractivity contribution in [2.24, 2.45) is 5.92 Å². The van der Waals surface area contributed by atoms with E-state index in [2.05, 4.69) is 6.92 Å². The molecule has 1 aliphatic heterocycles. The fraction of sp³-hybridized carbons (Fsp3) is 0.867. The Morgan fingerprint density at radius 2 is 2.05 bits per heavy atom. The summed E-state index contributed by atoms with van der Waals surface area (Å²) in [4.78, 5) is 27.6. The van der Waals surface area contributed by atoms with Gasteiger partial charge in [-0.3, -0.25) is 0 Å². The lowest BCUT2D eigenvalue weighted by atomic mass is 9.89. The van der Waals surface area contributed by atoms with Crippen molar-refractivity contribution >= 4 is 12.0 Å². The third-order valence-electron chi connectivity index (χ3n) is 4.59. The average molecular weight is 298 g/mol. The number of likely N-dealkylation sites (tertiary alicyclic amines) is 1.